The van der Waals surface area contributed by atoms with E-state index in [-0.39, 0.29) is 6.04 Å². The molecule has 1 aromatic carbocycles. The fourth-order valence-electron chi connectivity index (χ4n) is 2.25. The molecule has 0 aliphatic carbocycles. The zero-order valence-electron chi connectivity index (χ0n) is 12.6. The van der Waals surface area contributed by atoms with Crippen LogP contribution in [0.5, 0.6) is 0 Å². The van der Waals surface area contributed by atoms with Gasteiger partial charge in [-0.3, -0.25) is 4.98 Å². The van der Waals surface area contributed by atoms with Gasteiger partial charge < -0.3 is 5.32 Å². The second-order valence-corrected chi connectivity index (χ2v) is 5.16. The van der Waals surface area contributed by atoms with Crippen LogP contribution in [0.4, 0.5) is 5.82 Å². The molecule has 0 fully saturated rings. The van der Waals surface area contributed by atoms with E-state index in [4.69, 9.17) is 5.26 Å². The van der Waals surface area contributed by atoms with Crippen LogP contribution in [0.3, 0.4) is 0 Å². The Hall–Kier alpha value is -3.26. The topological polar surface area (TPSA) is 74.5 Å². The third-order valence-electron chi connectivity index (χ3n) is 3.47. The Kier molecular flexibility index (Phi) is 4.25. The van der Waals surface area contributed by atoms with Crippen LogP contribution >= 0.6 is 0 Å². The van der Waals surface area contributed by atoms with Gasteiger partial charge in [0.25, 0.3) is 0 Å². The molecule has 112 valence electrons. The van der Waals surface area contributed by atoms with E-state index < -0.39 is 0 Å². The Morgan fingerprint density at radius 3 is 2.43 bits per heavy atom. The van der Waals surface area contributed by atoms with Crippen LogP contribution in [0.2, 0.25) is 0 Å². The van der Waals surface area contributed by atoms with Crippen molar-refractivity contribution in [2.45, 2.75) is 13.0 Å². The molecular weight excluding hydrogens is 286 g/mol. The molecule has 3 rings (SSSR count). The van der Waals surface area contributed by atoms with Crippen LogP contribution in [0.25, 0.3) is 0 Å². The highest BCUT2D eigenvalue weighted by Crippen LogP contribution is 2.24. The molecule has 0 spiro atoms. The molecular formula is C18H15N5. The molecule has 0 aliphatic rings. The lowest BCUT2D eigenvalue weighted by molar-refractivity contribution is 0.863. The minimum absolute atomic E-state index is 0.140. The van der Waals surface area contributed by atoms with Crippen LogP contribution in [-0.4, -0.2) is 15.2 Å². The van der Waals surface area contributed by atoms with Crippen molar-refractivity contribution in [3.8, 4) is 6.07 Å². The van der Waals surface area contributed by atoms with Gasteiger partial charge in [-0.15, -0.1) is 10.2 Å². The van der Waals surface area contributed by atoms with Crippen molar-refractivity contribution in [3.05, 3.63) is 83.3 Å². The Morgan fingerprint density at radius 2 is 1.83 bits per heavy atom. The van der Waals surface area contributed by atoms with Crippen molar-refractivity contribution in [3.63, 3.8) is 0 Å². The van der Waals surface area contributed by atoms with Crippen molar-refractivity contribution < 1.29 is 0 Å². The van der Waals surface area contributed by atoms with Gasteiger partial charge in [0.05, 0.1) is 11.7 Å². The third-order valence-corrected chi connectivity index (χ3v) is 3.47. The van der Waals surface area contributed by atoms with Crippen LogP contribution < -0.4 is 5.32 Å². The van der Waals surface area contributed by atoms with E-state index in [1.165, 1.54) is 5.56 Å². The number of nitrogens with one attached hydrogen (secondary N) is 1. The fourth-order valence-corrected chi connectivity index (χ4v) is 2.25. The smallest absolute Gasteiger partial charge is 0.163 e. The van der Waals surface area contributed by atoms with Crippen molar-refractivity contribution in [2.24, 2.45) is 0 Å². The van der Waals surface area contributed by atoms with Crippen molar-refractivity contribution in [2.75, 3.05) is 5.32 Å². The van der Waals surface area contributed by atoms with Gasteiger partial charge in [-0.25, -0.2) is 0 Å². The van der Waals surface area contributed by atoms with E-state index in [0.717, 1.165) is 11.3 Å². The highest BCUT2D eigenvalue weighted by molar-refractivity contribution is 5.43. The number of benzene rings is 1. The van der Waals surface area contributed by atoms with Crippen LogP contribution in [0.15, 0.2) is 60.8 Å². The third kappa shape index (κ3) is 3.50. The lowest BCUT2D eigenvalue weighted by Gasteiger charge is -2.19. The van der Waals surface area contributed by atoms with E-state index in [1.54, 1.807) is 18.3 Å². The average molecular weight is 301 g/mol. The molecule has 2 aromatic heterocycles. The van der Waals surface area contributed by atoms with Gasteiger partial charge in [-0.2, -0.15) is 5.26 Å². The molecule has 3 aromatic rings. The number of aromatic nitrogens is 3. The zero-order chi connectivity index (χ0) is 16.1. The number of hydrogen-bond acceptors (Lipinski definition) is 5. The Morgan fingerprint density at radius 1 is 1.00 bits per heavy atom. The van der Waals surface area contributed by atoms with Gasteiger partial charge in [0.2, 0.25) is 0 Å². The molecule has 0 saturated heterocycles. The summed E-state index contributed by atoms with van der Waals surface area (Å²) in [5, 5.41) is 20.1. The number of pyridine rings is 1. The maximum Gasteiger partial charge on any atom is 0.163 e. The Balaban J connectivity index is 1.94. The van der Waals surface area contributed by atoms with Crippen molar-refractivity contribution in [1.29, 1.82) is 5.26 Å². The first-order valence-electron chi connectivity index (χ1n) is 7.24. The summed E-state index contributed by atoms with van der Waals surface area (Å²) < 4.78 is 0. The predicted molar refractivity (Wildman–Crippen MR) is 87.6 cm³/mol. The van der Waals surface area contributed by atoms with Gasteiger partial charge in [-0.05, 0) is 36.8 Å². The van der Waals surface area contributed by atoms with Gasteiger partial charge in [-0.1, -0.05) is 35.9 Å². The molecule has 0 saturated carbocycles. The molecule has 23 heavy (non-hydrogen) atoms. The highest BCUT2D eigenvalue weighted by Gasteiger charge is 2.16. The number of aryl methyl sites for hydroxylation is 1. The second-order valence-electron chi connectivity index (χ2n) is 5.16. The van der Waals surface area contributed by atoms with E-state index in [2.05, 4.69) is 51.7 Å². The molecule has 0 radical (unpaired) electrons. The van der Waals surface area contributed by atoms with E-state index in [9.17, 15) is 0 Å². The van der Waals surface area contributed by atoms with Gasteiger partial charge in [0.1, 0.15) is 11.9 Å². The molecule has 1 unspecified atom stereocenters. The van der Waals surface area contributed by atoms with Crippen molar-refractivity contribution >= 4 is 5.82 Å². The molecule has 1 atom stereocenters. The molecule has 5 nitrogen and oxygen atoms in total. The minimum atomic E-state index is -0.140. The molecule has 2 heterocycles. The van der Waals surface area contributed by atoms with Crippen molar-refractivity contribution in [1.82, 2.24) is 15.2 Å². The predicted octanol–water partition coefficient (Wildman–Crippen LogP) is 3.25. The SMILES string of the molecule is Cc1ccc(C(Nc2ccc(C#N)nn2)c2ccccn2)cc1. The van der Waals surface area contributed by atoms with E-state index in [1.807, 2.05) is 24.3 Å². The first-order valence-corrected chi connectivity index (χ1v) is 7.24. The van der Waals surface area contributed by atoms with Gasteiger partial charge in [0, 0.05) is 6.20 Å². The first kappa shape index (κ1) is 14.7. The highest BCUT2D eigenvalue weighted by atomic mass is 15.2. The summed E-state index contributed by atoms with van der Waals surface area (Å²) in [5.41, 5.74) is 3.47. The van der Waals surface area contributed by atoms with Crippen LogP contribution in [0.1, 0.15) is 28.6 Å². The fraction of sp³-hybridized carbons (Fsp3) is 0.111. The zero-order valence-corrected chi connectivity index (χ0v) is 12.6. The summed E-state index contributed by atoms with van der Waals surface area (Å²) in [6.07, 6.45) is 1.77. The van der Waals surface area contributed by atoms with Gasteiger partial charge >= 0.3 is 0 Å². The van der Waals surface area contributed by atoms with Crippen LogP contribution in [0, 0.1) is 18.3 Å². The normalized spacial score (nSPS) is 11.5. The summed E-state index contributed by atoms with van der Waals surface area (Å²) >= 11 is 0. The monoisotopic (exact) mass is 301 g/mol. The molecule has 0 bridgehead atoms. The summed E-state index contributed by atoms with van der Waals surface area (Å²) in [5.74, 6) is 0.597. The summed E-state index contributed by atoms with van der Waals surface area (Å²) in [7, 11) is 0. The molecule has 0 aliphatic heterocycles. The number of nitrogens with zero attached hydrogens (tertiary/aromatic N) is 4. The minimum Gasteiger partial charge on any atom is -0.356 e. The largest absolute Gasteiger partial charge is 0.356 e. The summed E-state index contributed by atoms with van der Waals surface area (Å²) in [6, 6.07) is 19.3. The van der Waals surface area contributed by atoms with E-state index >= 15 is 0 Å². The lowest BCUT2D eigenvalue weighted by atomic mass is 10.0. The van der Waals surface area contributed by atoms with Gasteiger partial charge in [0.15, 0.2) is 5.69 Å². The number of rotatable bonds is 4. The standard InChI is InChI=1S/C18H15N5/c1-13-5-7-14(8-6-13)18(16-4-2-3-11-20-16)21-17-10-9-15(12-19)22-23-17/h2-11,18H,1H3,(H,21,23). The average Bonchev–Trinajstić information content (AvgIpc) is 2.62. The maximum absolute atomic E-state index is 8.81. The molecule has 0 amide bonds. The number of anilines is 1. The molecule has 1 N–H and O–H groups in total. The Bertz CT molecular complexity index is 805. The summed E-state index contributed by atoms with van der Waals surface area (Å²) in [4.78, 5) is 4.44. The first-order chi connectivity index (χ1) is 11.3. The maximum atomic E-state index is 8.81. The van der Waals surface area contributed by atoms with E-state index in [0.29, 0.717) is 11.5 Å². The Labute approximate surface area is 134 Å². The second kappa shape index (κ2) is 6.67. The lowest BCUT2D eigenvalue weighted by Crippen LogP contribution is -2.15. The van der Waals surface area contributed by atoms with Crippen LogP contribution in [-0.2, 0) is 0 Å². The quantitative estimate of drug-likeness (QED) is 0.800. The number of nitriles is 1. The molecule has 5 heteroatoms. The number of hydrogen-bond donors (Lipinski definition) is 1. The summed E-state index contributed by atoms with van der Waals surface area (Å²) in [6.45, 7) is 2.05.